The van der Waals surface area contributed by atoms with Crippen molar-refractivity contribution in [1.82, 2.24) is 4.72 Å². The highest BCUT2D eigenvalue weighted by molar-refractivity contribution is 7.89. The minimum atomic E-state index is -3.47. The third kappa shape index (κ3) is 5.18. The highest BCUT2D eigenvalue weighted by Crippen LogP contribution is 2.14. The summed E-state index contributed by atoms with van der Waals surface area (Å²) in [7, 11) is -2.13. The summed E-state index contributed by atoms with van der Waals surface area (Å²) in [4.78, 5) is 11.2. The van der Waals surface area contributed by atoms with Crippen LogP contribution in [0.2, 0.25) is 0 Å². The molecule has 112 valence electrons. The lowest BCUT2D eigenvalue weighted by Crippen LogP contribution is -2.30. The Hall–Kier alpha value is -1.60. The number of nitrogens with one attached hydrogen (secondary N) is 2. The van der Waals surface area contributed by atoms with Crippen LogP contribution in [0.1, 0.15) is 20.3 Å². The van der Waals surface area contributed by atoms with E-state index < -0.39 is 10.0 Å². The van der Waals surface area contributed by atoms with E-state index >= 15 is 0 Å². The topological polar surface area (TPSA) is 84.5 Å². The molecule has 0 aliphatic rings. The summed E-state index contributed by atoms with van der Waals surface area (Å²) in [5, 5.41) is 3.01. The smallest absolute Gasteiger partial charge is 0.307 e. The van der Waals surface area contributed by atoms with Gasteiger partial charge in [-0.05, 0) is 38.1 Å². The van der Waals surface area contributed by atoms with Gasteiger partial charge in [-0.2, -0.15) is 0 Å². The Bertz CT molecular complexity index is 538. The van der Waals surface area contributed by atoms with Crippen LogP contribution in [-0.4, -0.2) is 34.1 Å². The van der Waals surface area contributed by atoms with Gasteiger partial charge in [-0.1, -0.05) is 0 Å². The lowest BCUT2D eigenvalue weighted by atomic mass is 10.3. The van der Waals surface area contributed by atoms with E-state index in [4.69, 9.17) is 0 Å². The molecule has 0 aromatic heterocycles. The zero-order valence-electron chi connectivity index (χ0n) is 11.8. The number of benzene rings is 1. The lowest BCUT2D eigenvalue weighted by Gasteiger charge is -2.10. The first-order valence-electron chi connectivity index (χ1n) is 6.28. The number of sulfonamides is 1. The van der Waals surface area contributed by atoms with Crippen molar-refractivity contribution in [3.8, 4) is 0 Å². The largest absolute Gasteiger partial charge is 0.469 e. The van der Waals surface area contributed by atoms with Gasteiger partial charge in [-0.3, -0.25) is 4.79 Å². The number of hydrogen-bond acceptors (Lipinski definition) is 5. The molecule has 0 spiro atoms. The van der Waals surface area contributed by atoms with Gasteiger partial charge in [0.1, 0.15) is 0 Å². The number of ether oxygens (including phenoxy) is 1. The van der Waals surface area contributed by atoms with Gasteiger partial charge in [0, 0.05) is 18.3 Å². The van der Waals surface area contributed by atoms with Crippen LogP contribution in [0.3, 0.4) is 0 Å². The van der Waals surface area contributed by atoms with Crippen LogP contribution in [0.4, 0.5) is 5.69 Å². The maximum Gasteiger partial charge on any atom is 0.307 e. The third-order valence-electron chi connectivity index (χ3n) is 2.44. The quantitative estimate of drug-likeness (QED) is 0.743. The average Bonchev–Trinajstić information content (AvgIpc) is 2.37. The van der Waals surface area contributed by atoms with E-state index in [0.29, 0.717) is 6.54 Å². The molecule has 0 saturated carbocycles. The number of hydrogen-bond donors (Lipinski definition) is 2. The molecule has 0 unspecified atom stereocenters. The third-order valence-corrected chi connectivity index (χ3v) is 4.12. The molecule has 0 bridgehead atoms. The Kier molecular flexibility index (Phi) is 5.97. The molecule has 1 aromatic rings. The van der Waals surface area contributed by atoms with E-state index in [0.717, 1.165) is 5.69 Å². The molecule has 1 rings (SSSR count). The van der Waals surface area contributed by atoms with Gasteiger partial charge >= 0.3 is 5.97 Å². The molecule has 0 fully saturated rings. The second-order valence-electron chi connectivity index (χ2n) is 4.55. The van der Waals surface area contributed by atoms with Crippen LogP contribution < -0.4 is 10.0 Å². The summed E-state index contributed by atoms with van der Waals surface area (Å²) in [6.07, 6.45) is 0.255. The molecule has 6 nitrogen and oxygen atoms in total. The van der Waals surface area contributed by atoms with Gasteiger partial charge in [-0.15, -0.1) is 0 Å². The van der Waals surface area contributed by atoms with E-state index in [1.807, 2.05) is 0 Å². The van der Waals surface area contributed by atoms with E-state index in [-0.39, 0.29) is 23.3 Å². The van der Waals surface area contributed by atoms with Crippen LogP contribution in [-0.2, 0) is 19.6 Å². The number of anilines is 1. The zero-order chi connectivity index (χ0) is 15.2. The minimum absolute atomic E-state index is 0.155. The Balaban J connectivity index is 2.63. The van der Waals surface area contributed by atoms with Crippen molar-refractivity contribution < 1.29 is 17.9 Å². The molecule has 0 aliphatic carbocycles. The standard InChI is InChI=1S/C13H20N2O4S/c1-10(2)15-20(17,18)12-6-4-11(5-7-12)14-9-8-13(16)19-3/h4-7,10,14-15H,8-9H2,1-3H3. The van der Waals surface area contributed by atoms with Crippen LogP contribution in [0.5, 0.6) is 0 Å². The first-order valence-corrected chi connectivity index (χ1v) is 7.76. The molecule has 0 atom stereocenters. The molecule has 0 amide bonds. The molecular formula is C13H20N2O4S. The summed E-state index contributed by atoms with van der Waals surface area (Å²) >= 11 is 0. The van der Waals surface area contributed by atoms with Gasteiger partial charge in [0.05, 0.1) is 18.4 Å². The highest BCUT2D eigenvalue weighted by atomic mass is 32.2. The first-order chi connectivity index (χ1) is 9.35. The van der Waals surface area contributed by atoms with Crippen molar-refractivity contribution in [2.24, 2.45) is 0 Å². The molecule has 0 saturated heterocycles. The maximum absolute atomic E-state index is 11.9. The Morgan fingerprint density at radius 3 is 2.35 bits per heavy atom. The predicted molar refractivity (Wildman–Crippen MR) is 77.0 cm³/mol. The summed E-state index contributed by atoms with van der Waals surface area (Å²) in [6.45, 7) is 3.96. The Labute approximate surface area is 119 Å². The van der Waals surface area contributed by atoms with Crippen molar-refractivity contribution in [3.05, 3.63) is 24.3 Å². The molecular weight excluding hydrogens is 280 g/mol. The second kappa shape index (κ2) is 7.25. The minimum Gasteiger partial charge on any atom is -0.469 e. The first kappa shape index (κ1) is 16.5. The predicted octanol–water partition coefficient (Wildman–Crippen LogP) is 1.35. The molecule has 0 heterocycles. The molecule has 2 N–H and O–H groups in total. The SMILES string of the molecule is COC(=O)CCNc1ccc(S(=O)(=O)NC(C)C)cc1. The monoisotopic (exact) mass is 300 g/mol. The molecule has 0 aliphatic heterocycles. The number of carbonyl (C=O) groups excluding carboxylic acids is 1. The van der Waals surface area contributed by atoms with E-state index in [1.165, 1.54) is 19.2 Å². The molecule has 1 aromatic carbocycles. The van der Waals surface area contributed by atoms with E-state index in [2.05, 4.69) is 14.8 Å². The Morgan fingerprint density at radius 1 is 1.25 bits per heavy atom. The van der Waals surface area contributed by atoms with Crippen LogP contribution in [0.25, 0.3) is 0 Å². The van der Waals surface area contributed by atoms with Crippen molar-refractivity contribution in [2.75, 3.05) is 19.0 Å². The summed E-state index contributed by atoms with van der Waals surface area (Å²) in [5.74, 6) is -0.294. The number of rotatable bonds is 7. The highest BCUT2D eigenvalue weighted by Gasteiger charge is 2.14. The number of carbonyl (C=O) groups is 1. The summed E-state index contributed by atoms with van der Waals surface area (Å²) < 4.78 is 30.8. The molecule has 0 radical (unpaired) electrons. The fourth-order valence-electron chi connectivity index (χ4n) is 1.54. The number of esters is 1. The molecule has 7 heteroatoms. The van der Waals surface area contributed by atoms with Crippen molar-refractivity contribution in [3.63, 3.8) is 0 Å². The normalized spacial score (nSPS) is 11.4. The van der Waals surface area contributed by atoms with Gasteiger partial charge in [0.25, 0.3) is 0 Å². The van der Waals surface area contributed by atoms with Crippen LogP contribution >= 0.6 is 0 Å². The van der Waals surface area contributed by atoms with Crippen molar-refractivity contribution in [1.29, 1.82) is 0 Å². The fourth-order valence-corrected chi connectivity index (χ4v) is 2.79. The van der Waals surface area contributed by atoms with Gasteiger partial charge in [0.2, 0.25) is 10.0 Å². The second-order valence-corrected chi connectivity index (χ2v) is 6.27. The maximum atomic E-state index is 11.9. The van der Waals surface area contributed by atoms with Crippen LogP contribution in [0.15, 0.2) is 29.2 Å². The lowest BCUT2D eigenvalue weighted by molar-refractivity contribution is -0.140. The summed E-state index contributed by atoms with van der Waals surface area (Å²) in [5.41, 5.74) is 0.748. The van der Waals surface area contributed by atoms with Gasteiger partial charge in [0.15, 0.2) is 0 Å². The zero-order valence-corrected chi connectivity index (χ0v) is 12.7. The van der Waals surface area contributed by atoms with Gasteiger partial charge < -0.3 is 10.1 Å². The van der Waals surface area contributed by atoms with E-state index in [1.54, 1.807) is 26.0 Å². The number of methoxy groups -OCH3 is 1. The molecule has 20 heavy (non-hydrogen) atoms. The Morgan fingerprint density at radius 2 is 1.85 bits per heavy atom. The summed E-state index contributed by atoms with van der Waals surface area (Å²) in [6, 6.07) is 6.20. The van der Waals surface area contributed by atoms with Crippen molar-refractivity contribution >= 4 is 21.7 Å². The van der Waals surface area contributed by atoms with Crippen LogP contribution in [0, 0.1) is 0 Å². The fraction of sp³-hybridized carbons (Fsp3) is 0.462. The van der Waals surface area contributed by atoms with E-state index in [9.17, 15) is 13.2 Å². The van der Waals surface area contributed by atoms with Gasteiger partial charge in [-0.25, -0.2) is 13.1 Å². The average molecular weight is 300 g/mol. The van der Waals surface area contributed by atoms with Crippen molar-refractivity contribution in [2.45, 2.75) is 31.2 Å².